The molecule has 2 fully saturated rings. The molecular formula is C16H22N2O4. The van der Waals surface area contributed by atoms with Crippen LogP contribution in [-0.4, -0.2) is 48.3 Å². The van der Waals surface area contributed by atoms with E-state index in [1.54, 1.807) is 18.2 Å². The van der Waals surface area contributed by atoms with Crippen LogP contribution in [0.25, 0.3) is 0 Å². The van der Waals surface area contributed by atoms with Gasteiger partial charge in [-0.25, -0.2) is 0 Å². The van der Waals surface area contributed by atoms with E-state index in [-0.39, 0.29) is 5.69 Å². The zero-order valence-corrected chi connectivity index (χ0v) is 12.6. The van der Waals surface area contributed by atoms with Gasteiger partial charge in [-0.2, -0.15) is 0 Å². The molecule has 1 heterocycles. The maximum atomic E-state index is 11.0. The summed E-state index contributed by atoms with van der Waals surface area (Å²) >= 11 is 0. The molecule has 1 saturated carbocycles. The number of hydrogen-bond acceptors (Lipinski definition) is 5. The molecule has 1 saturated heterocycles. The predicted octanol–water partition coefficient (Wildman–Crippen LogP) is 2.62. The second-order valence-corrected chi connectivity index (χ2v) is 5.87. The fraction of sp³-hybridized carbons (Fsp3) is 0.625. The van der Waals surface area contributed by atoms with E-state index in [2.05, 4.69) is 4.90 Å². The molecule has 0 radical (unpaired) electrons. The van der Waals surface area contributed by atoms with Crippen molar-refractivity contribution in [1.29, 1.82) is 0 Å². The third-order valence-electron chi connectivity index (χ3n) is 4.55. The highest BCUT2D eigenvalue weighted by molar-refractivity contribution is 5.45. The quantitative estimate of drug-likeness (QED) is 0.618. The Morgan fingerprint density at radius 1 is 1.32 bits per heavy atom. The number of para-hydroxylation sites is 2. The van der Waals surface area contributed by atoms with Gasteiger partial charge in [-0.15, -0.1) is 0 Å². The van der Waals surface area contributed by atoms with E-state index in [1.807, 2.05) is 0 Å². The van der Waals surface area contributed by atoms with Crippen molar-refractivity contribution in [3.8, 4) is 5.75 Å². The highest BCUT2D eigenvalue weighted by Crippen LogP contribution is 2.29. The Bertz CT molecular complexity index is 521. The molecule has 0 aromatic heterocycles. The molecule has 1 aliphatic carbocycles. The molecule has 2 aliphatic rings. The van der Waals surface area contributed by atoms with Crippen molar-refractivity contribution < 1.29 is 14.4 Å². The lowest BCUT2D eigenvalue weighted by atomic mass is 9.90. The van der Waals surface area contributed by atoms with Gasteiger partial charge in [0.1, 0.15) is 6.61 Å². The molecule has 0 bridgehead atoms. The van der Waals surface area contributed by atoms with Gasteiger partial charge < -0.3 is 9.47 Å². The van der Waals surface area contributed by atoms with Crippen molar-refractivity contribution in [1.82, 2.24) is 4.90 Å². The molecule has 6 heteroatoms. The average Bonchev–Trinajstić information content (AvgIpc) is 2.55. The van der Waals surface area contributed by atoms with Gasteiger partial charge in [-0.3, -0.25) is 15.0 Å². The van der Waals surface area contributed by atoms with Crippen LogP contribution in [0.15, 0.2) is 24.3 Å². The van der Waals surface area contributed by atoms with Crippen LogP contribution in [0.3, 0.4) is 0 Å². The highest BCUT2D eigenvalue weighted by atomic mass is 16.6. The number of morpholine rings is 1. The minimum Gasteiger partial charge on any atom is -0.485 e. The lowest BCUT2D eigenvalue weighted by molar-refractivity contribution is -0.385. The monoisotopic (exact) mass is 306 g/mol. The number of hydrogen-bond donors (Lipinski definition) is 0. The van der Waals surface area contributed by atoms with E-state index in [1.165, 1.54) is 25.3 Å². The smallest absolute Gasteiger partial charge is 0.310 e. The normalized spacial score (nSPS) is 25.5. The summed E-state index contributed by atoms with van der Waals surface area (Å²) in [7, 11) is 0. The van der Waals surface area contributed by atoms with Gasteiger partial charge in [-0.1, -0.05) is 25.0 Å². The van der Waals surface area contributed by atoms with Crippen LogP contribution in [0.5, 0.6) is 5.75 Å². The molecule has 120 valence electrons. The van der Waals surface area contributed by atoms with Crippen LogP contribution < -0.4 is 4.74 Å². The van der Waals surface area contributed by atoms with Crippen molar-refractivity contribution in [3.05, 3.63) is 34.4 Å². The first kappa shape index (κ1) is 15.2. The number of ether oxygens (including phenoxy) is 2. The second-order valence-electron chi connectivity index (χ2n) is 5.87. The van der Waals surface area contributed by atoms with Crippen LogP contribution >= 0.6 is 0 Å². The van der Waals surface area contributed by atoms with Gasteiger partial charge >= 0.3 is 5.69 Å². The molecule has 1 aromatic carbocycles. The van der Waals surface area contributed by atoms with Gasteiger partial charge in [-0.05, 0) is 18.9 Å². The maximum absolute atomic E-state index is 11.0. The summed E-state index contributed by atoms with van der Waals surface area (Å²) in [6, 6.07) is 7.02. The molecule has 6 nitrogen and oxygen atoms in total. The minimum atomic E-state index is -0.402. The Balaban J connectivity index is 1.55. The van der Waals surface area contributed by atoms with Gasteiger partial charge in [0.15, 0.2) is 5.75 Å². The fourth-order valence-corrected chi connectivity index (χ4v) is 3.46. The molecule has 0 spiro atoms. The molecule has 1 aromatic rings. The number of fused-ring (bicyclic) bond motifs is 1. The van der Waals surface area contributed by atoms with Crippen molar-refractivity contribution in [2.75, 3.05) is 26.3 Å². The maximum Gasteiger partial charge on any atom is 0.310 e. The number of nitro groups is 1. The summed E-state index contributed by atoms with van der Waals surface area (Å²) in [4.78, 5) is 13.0. The van der Waals surface area contributed by atoms with Crippen LogP contribution in [-0.2, 0) is 4.74 Å². The van der Waals surface area contributed by atoms with Crippen molar-refractivity contribution in [2.45, 2.75) is 37.8 Å². The van der Waals surface area contributed by atoms with E-state index in [9.17, 15) is 10.1 Å². The molecule has 0 amide bonds. The number of nitro benzene ring substituents is 1. The lowest BCUT2D eigenvalue weighted by Crippen LogP contribution is -2.53. The first-order valence-electron chi connectivity index (χ1n) is 7.97. The molecule has 0 unspecified atom stereocenters. The van der Waals surface area contributed by atoms with Crippen molar-refractivity contribution in [3.63, 3.8) is 0 Å². The lowest BCUT2D eigenvalue weighted by Gasteiger charge is -2.43. The zero-order valence-electron chi connectivity index (χ0n) is 12.6. The Labute approximate surface area is 130 Å². The molecule has 3 rings (SSSR count). The Kier molecular flexibility index (Phi) is 4.90. The van der Waals surface area contributed by atoms with E-state index >= 15 is 0 Å². The van der Waals surface area contributed by atoms with E-state index in [0.717, 1.165) is 26.1 Å². The first-order chi connectivity index (χ1) is 10.8. The van der Waals surface area contributed by atoms with Crippen LogP contribution in [0, 0.1) is 10.1 Å². The first-order valence-corrected chi connectivity index (χ1v) is 7.97. The Hall–Kier alpha value is -1.66. The van der Waals surface area contributed by atoms with Crippen LogP contribution in [0.1, 0.15) is 25.7 Å². The summed E-state index contributed by atoms with van der Waals surface area (Å²) < 4.78 is 11.5. The summed E-state index contributed by atoms with van der Waals surface area (Å²) in [5, 5.41) is 11.0. The summed E-state index contributed by atoms with van der Waals surface area (Å²) in [6.07, 6.45) is 5.18. The van der Waals surface area contributed by atoms with Crippen LogP contribution in [0.4, 0.5) is 5.69 Å². The third kappa shape index (κ3) is 3.39. The minimum absolute atomic E-state index is 0.0278. The molecule has 0 N–H and O–H groups in total. The fourth-order valence-electron chi connectivity index (χ4n) is 3.46. The van der Waals surface area contributed by atoms with Crippen molar-refractivity contribution in [2.24, 2.45) is 0 Å². The number of nitrogens with zero attached hydrogens (tertiary/aromatic N) is 2. The van der Waals surface area contributed by atoms with E-state index in [0.29, 0.717) is 24.5 Å². The topological polar surface area (TPSA) is 64.8 Å². The summed E-state index contributed by atoms with van der Waals surface area (Å²) in [5.41, 5.74) is 0.0278. The number of benzene rings is 1. The SMILES string of the molecule is O=[N+]([O-])c1ccccc1OCCN1CCO[C@@H]2CCCC[C@@H]21. The molecule has 22 heavy (non-hydrogen) atoms. The van der Waals surface area contributed by atoms with Crippen molar-refractivity contribution >= 4 is 5.69 Å². The average molecular weight is 306 g/mol. The standard InChI is InChI=1S/C16H22N2O4/c19-18(20)14-6-2-4-8-16(14)22-12-10-17-9-11-21-15-7-3-1-5-13(15)17/h2,4,6,8,13,15H,1,3,5,7,9-12H2/t13-,15+/m0/s1. The van der Waals surface area contributed by atoms with Crippen LogP contribution in [0.2, 0.25) is 0 Å². The molecule has 2 atom stereocenters. The molecular weight excluding hydrogens is 284 g/mol. The molecule has 1 aliphatic heterocycles. The summed E-state index contributed by atoms with van der Waals surface area (Å²) in [5.74, 6) is 0.348. The van der Waals surface area contributed by atoms with Gasteiger partial charge in [0.2, 0.25) is 0 Å². The number of rotatable bonds is 5. The van der Waals surface area contributed by atoms with E-state index in [4.69, 9.17) is 9.47 Å². The Morgan fingerprint density at radius 2 is 2.14 bits per heavy atom. The van der Waals surface area contributed by atoms with E-state index < -0.39 is 4.92 Å². The van der Waals surface area contributed by atoms with Gasteiger partial charge in [0.05, 0.1) is 17.6 Å². The summed E-state index contributed by atoms with van der Waals surface area (Å²) in [6.45, 7) is 2.94. The second kappa shape index (κ2) is 7.07. The third-order valence-corrected chi connectivity index (χ3v) is 4.55. The Morgan fingerprint density at radius 3 is 3.00 bits per heavy atom. The van der Waals surface area contributed by atoms with Gasteiger partial charge in [0.25, 0.3) is 0 Å². The van der Waals surface area contributed by atoms with Gasteiger partial charge in [0, 0.05) is 25.2 Å². The predicted molar refractivity (Wildman–Crippen MR) is 82.2 cm³/mol. The largest absolute Gasteiger partial charge is 0.485 e. The highest BCUT2D eigenvalue weighted by Gasteiger charge is 2.33. The zero-order chi connectivity index (χ0) is 15.4.